The van der Waals surface area contributed by atoms with Gasteiger partial charge in [0, 0.05) is 6.42 Å². The fourth-order valence-corrected chi connectivity index (χ4v) is 0.899. The van der Waals surface area contributed by atoms with E-state index in [0.29, 0.717) is 6.54 Å². The topological polar surface area (TPSA) is 113 Å². The molecule has 15 heavy (non-hydrogen) atoms. The van der Waals surface area contributed by atoms with Crippen LogP contribution in [0.4, 0.5) is 0 Å². The van der Waals surface area contributed by atoms with E-state index in [1.54, 1.807) is 0 Å². The summed E-state index contributed by atoms with van der Waals surface area (Å²) in [4.78, 5) is 20.7. The Hall–Kier alpha value is -1.14. The molecule has 5 N–H and O–H groups in total. The molecule has 0 aliphatic carbocycles. The van der Waals surface area contributed by atoms with Gasteiger partial charge in [-0.15, -0.1) is 0 Å². The van der Waals surface area contributed by atoms with Gasteiger partial charge in [-0.05, 0) is 26.4 Å². The van der Waals surface area contributed by atoms with E-state index in [1.165, 1.54) is 7.05 Å². The second-order valence-corrected chi connectivity index (χ2v) is 2.78. The summed E-state index contributed by atoms with van der Waals surface area (Å²) in [6.45, 7) is 2.51. The van der Waals surface area contributed by atoms with E-state index >= 15 is 0 Å². The van der Waals surface area contributed by atoms with E-state index < -0.39 is 18.0 Å². The Balaban J connectivity index is 0. The molecular formula is C9H20N2O4. The number of aliphatic carboxylic acids is 2. The summed E-state index contributed by atoms with van der Waals surface area (Å²) < 4.78 is 0. The van der Waals surface area contributed by atoms with Crippen LogP contribution in [0.5, 0.6) is 0 Å². The van der Waals surface area contributed by atoms with E-state index in [0.717, 1.165) is 6.42 Å². The third-order valence-electron chi connectivity index (χ3n) is 1.59. The molecule has 1 atom stereocenters. The van der Waals surface area contributed by atoms with E-state index in [-0.39, 0.29) is 12.8 Å². The van der Waals surface area contributed by atoms with Crippen molar-refractivity contribution in [3.8, 4) is 0 Å². The van der Waals surface area contributed by atoms with Gasteiger partial charge in [-0.25, -0.2) is 0 Å². The summed E-state index contributed by atoms with van der Waals surface area (Å²) in [6.07, 6.45) is 0.842. The molecule has 0 amide bonds. The average Bonchev–Trinajstić information content (AvgIpc) is 2.20. The van der Waals surface area contributed by atoms with Crippen LogP contribution in [-0.2, 0) is 9.59 Å². The molecule has 0 aromatic heterocycles. The predicted octanol–water partition coefficient (Wildman–Crippen LogP) is -0.121. The minimum absolute atomic E-state index is 0.117. The van der Waals surface area contributed by atoms with Crippen LogP contribution in [-0.4, -0.2) is 41.8 Å². The zero-order valence-electron chi connectivity index (χ0n) is 9.19. The van der Waals surface area contributed by atoms with Crippen molar-refractivity contribution in [1.82, 2.24) is 5.32 Å². The number of hydrogen-bond donors (Lipinski definition) is 4. The van der Waals surface area contributed by atoms with Crippen molar-refractivity contribution in [2.24, 2.45) is 5.73 Å². The molecule has 0 aromatic rings. The molecule has 0 aromatic carbocycles. The zero-order chi connectivity index (χ0) is 12.3. The van der Waals surface area contributed by atoms with Crippen molar-refractivity contribution in [2.75, 3.05) is 13.6 Å². The average molecular weight is 220 g/mol. The first-order valence-corrected chi connectivity index (χ1v) is 4.83. The Morgan fingerprint density at radius 3 is 2.20 bits per heavy atom. The van der Waals surface area contributed by atoms with E-state index in [4.69, 9.17) is 10.2 Å². The second-order valence-electron chi connectivity index (χ2n) is 2.78. The first-order valence-electron chi connectivity index (χ1n) is 4.83. The molecule has 90 valence electrons. The number of carbonyl (C=O) groups is 2. The van der Waals surface area contributed by atoms with Gasteiger partial charge < -0.3 is 21.3 Å². The fraction of sp³-hybridized carbons (Fsp3) is 0.778. The predicted molar refractivity (Wildman–Crippen MR) is 56.7 cm³/mol. The van der Waals surface area contributed by atoms with Gasteiger partial charge in [0.15, 0.2) is 0 Å². The number of nitrogens with one attached hydrogen (secondary N) is 1. The zero-order valence-corrected chi connectivity index (χ0v) is 9.19. The van der Waals surface area contributed by atoms with Gasteiger partial charge in [0.05, 0.1) is 0 Å². The molecule has 0 saturated carbocycles. The normalized spacial score (nSPS) is 11.1. The highest BCUT2D eigenvalue weighted by molar-refractivity contribution is 5.75. The first-order chi connectivity index (χ1) is 7.07. The molecule has 1 unspecified atom stereocenters. The molecule has 0 radical (unpaired) electrons. The van der Waals surface area contributed by atoms with Crippen molar-refractivity contribution < 1.29 is 19.8 Å². The highest BCUT2D eigenvalue weighted by atomic mass is 16.4. The van der Waals surface area contributed by atoms with Crippen LogP contribution in [0.1, 0.15) is 26.2 Å². The molecule has 6 nitrogen and oxygen atoms in total. The van der Waals surface area contributed by atoms with Gasteiger partial charge in [0.2, 0.25) is 0 Å². The molecular weight excluding hydrogens is 200 g/mol. The molecule has 0 spiro atoms. The third kappa shape index (κ3) is 10.8. The molecule has 0 saturated heterocycles. The SMILES string of the molecule is CCCNC(CCC(=O)O)C(=O)O.CN. The molecule has 0 bridgehead atoms. The second kappa shape index (κ2) is 10.9. The fourth-order valence-electron chi connectivity index (χ4n) is 0.899. The van der Waals surface area contributed by atoms with Gasteiger partial charge in [0.25, 0.3) is 0 Å². The van der Waals surface area contributed by atoms with E-state index in [1.807, 2.05) is 6.92 Å². The summed E-state index contributed by atoms with van der Waals surface area (Å²) in [5, 5.41) is 19.8. The summed E-state index contributed by atoms with van der Waals surface area (Å²) in [7, 11) is 1.50. The number of rotatable bonds is 7. The number of nitrogens with two attached hydrogens (primary N) is 1. The number of hydrogen-bond acceptors (Lipinski definition) is 4. The maximum absolute atomic E-state index is 10.6. The first kappa shape index (κ1) is 16.3. The molecule has 6 heteroatoms. The lowest BCUT2D eigenvalue weighted by molar-refractivity contribution is -0.140. The van der Waals surface area contributed by atoms with Gasteiger partial charge in [-0.1, -0.05) is 6.92 Å². The quantitative estimate of drug-likeness (QED) is 0.475. The monoisotopic (exact) mass is 220 g/mol. The molecule has 0 heterocycles. The molecule has 0 fully saturated rings. The summed E-state index contributed by atoms with van der Waals surface area (Å²) >= 11 is 0. The van der Waals surface area contributed by atoms with E-state index in [2.05, 4.69) is 11.1 Å². The van der Waals surface area contributed by atoms with Gasteiger partial charge in [-0.2, -0.15) is 0 Å². The highest BCUT2D eigenvalue weighted by Crippen LogP contribution is 1.97. The Morgan fingerprint density at radius 1 is 1.33 bits per heavy atom. The maximum Gasteiger partial charge on any atom is 0.320 e. The van der Waals surface area contributed by atoms with Crippen molar-refractivity contribution in [3.63, 3.8) is 0 Å². The van der Waals surface area contributed by atoms with Crippen molar-refractivity contribution in [2.45, 2.75) is 32.2 Å². The van der Waals surface area contributed by atoms with Crippen molar-refractivity contribution in [3.05, 3.63) is 0 Å². The molecule has 0 rings (SSSR count). The van der Waals surface area contributed by atoms with E-state index in [9.17, 15) is 9.59 Å². The Bertz CT molecular complexity index is 185. The van der Waals surface area contributed by atoms with Crippen LogP contribution in [0.3, 0.4) is 0 Å². The summed E-state index contributed by atoms with van der Waals surface area (Å²) in [5.41, 5.74) is 4.50. The Kier molecular flexibility index (Phi) is 11.9. The Morgan fingerprint density at radius 2 is 1.87 bits per heavy atom. The van der Waals surface area contributed by atoms with Crippen LogP contribution in [0.2, 0.25) is 0 Å². The third-order valence-corrected chi connectivity index (χ3v) is 1.59. The van der Waals surface area contributed by atoms with Crippen LogP contribution in [0, 0.1) is 0 Å². The number of carboxylic acids is 2. The van der Waals surface area contributed by atoms with Gasteiger partial charge in [-0.3, -0.25) is 9.59 Å². The van der Waals surface area contributed by atoms with Crippen LogP contribution in [0.25, 0.3) is 0 Å². The van der Waals surface area contributed by atoms with Crippen LogP contribution >= 0.6 is 0 Å². The lowest BCUT2D eigenvalue weighted by Gasteiger charge is -2.11. The van der Waals surface area contributed by atoms with Crippen molar-refractivity contribution >= 4 is 11.9 Å². The lowest BCUT2D eigenvalue weighted by atomic mass is 10.1. The maximum atomic E-state index is 10.6. The molecule has 0 aliphatic rings. The van der Waals surface area contributed by atoms with Gasteiger partial charge >= 0.3 is 11.9 Å². The summed E-state index contributed by atoms with van der Waals surface area (Å²) in [5.74, 6) is -1.96. The minimum atomic E-state index is -0.991. The minimum Gasteiger partial charge on any atom is -0.481 e. The highest BCUT2D eigenvalue weighted by Gasteiger charge is 2.16. The number of carboxylic acid groups (broad SMARTS) is 2. The Labute approximate surface area is 89.5 Å². The van der Waals surface area contributed by atoms with Crippen LogP contribution in [0.15, 0.2) is 0 Å². The summed E-state index contributed by atoms with van der Waals surface area (Å²) in [6, 6.07) is -0.740. The lowest BCUT2D eigenvalue weighted by Crippen LogP contribution is -2.37. The van der Waals surface area contributed by atoms with Crippen molar-refractivity contribution in [1.29, 1.82) is 0 Å². The molecule has 0 aliphatic heterocycles. The largest absolute Gasteiger partial charge is 0.481 e. The standard InChI is InChI=1S/C8H15NO4.CH5N/c1-2-5-9-6(8(12)13)3-4-7(10)11;1-2/h6,9H,2-5H2,1H3,(H,10,11)(H,12,13);2H2,1H3. The van der Waals surface area contributed by atoms with Crippen LogP contribution < -0.4 is 11.1 Å². The van der Waals surface area contributed by atoms with Gasteiger partial charge in [0.1, 0.15) is 6.04 Å². The smallest absolute Gasteiger partial charge is 0.320 e.